The molecule has 0 unspecified atom stereocenters. The van der Waals surface area contributed by atoms with Crippen LogP contribution in [0.1, 0.15) is 17.5 Å². The number of aliphatic hydroxyl groups excluding tert-OH is 1. The molecule has 2 heterocycles. The average molecular weight is 209 g/mol. The number of nitrogens with zero attached hydrogens (tertiary/aromatic N) is 1. The van der Waals surface area contributed by atoms with Gasteiger partial charge in [-0.3, -0.25) is 4.79 Å². The Balaban J connectivity index is 2.09. The van der Waals surface area contributed by atoms with Crippen molar-refractivity contribution in [2.75, 3.05) is 24.6 Å². The van der Waals surface area contributed by atoms with Crippen LogP contribution in [0.2, 0.25) is 0 Å². The molecule has 1 saturated heterocycles. The fraction of sp³-hybridized carbons (Fsp3) is 0.545. The van der Waals surface area contributed by atoms with Gasteiger partial charge in [0, 0.05) is 31.7 Å². The lowest BCUT2D eigenvalue weighted by molar-refractivity contribution is 0.110. The second-order valence-corrected chi connectivity index (χ2v) is 4.12. The highest BCUT2D eigenvalue weighted by Gasteiger charge is 2.30. The summed E-state index contributed by atoms with van der Waals surface area (Å²) < 4.78 is 5.33. The van der Waals surface area contributed by atoms with E-state index in [9.17, 15) is 4.79 Å². The van der Waals surface area contributed by atoms with Crippen molar-refractivity contribution in [3.8, 4) is 0 Å². The minimum atomic E-state index is 0.207. The first-order chi connectivity index (χ1) is 7.24. The van der Waals surface area contributed by atoms with Gasteiger partial charge in [0.15, 0.2) is 17.9 Å². The van der Waals surface area contributed by atoms with Crippen molar-refractivity contribution >= 4 is 12.2 Å². The van der Waals surface area contributed by atoms with Crippen LogP contribution in [0.25, 0.3) is 0 Å². The van der Waals surface area contributed by atoms with Crippen LogP contribution >= 0.6 is 0 Å². The number of aldehydes is 1. The Bertz CT molecular complexity index is 347. The molecule has 0 amide bonds. The molecule has 0 aliphatic carbocycles. The quantitative estimate of drug-likeness (QED) is 0.759. The van der Waals surface area contributed by atoms with Crippen molar-refractivity contribution in [3.05, 3.63) is 17.9 Å². The SMILES string of the molecule is C[C@@H]1CN(c2ccc(C=O)o2)C[C@H]1CO. The Morgan fingerprint density at radius 2 is 2.40 bits per heavy atom. The molecule has 0 radical (unpaired) electrons. The van der Waals surface area contributed by atoms with Gasteiger partial charge in [-0.05, 0) is 12.0 Å². The van der Waals surface area contributed by atoms with E-state index in [0.29, 0.717) is 23.9 Å². The monoisotopic (exact) mass is 209 g/mol. The van der Waals surface area contributed by atoms with E-state index in [4.69, 9.17) is 9.52 Å². The highest BCUT2D eigenvalue weighted by atomic mass is 16.4. The Morgan fingerprint density at radius 1 is 1.60 bits per heavy atom. The van der Waals surface area contributed by atoms with Crippen molar-refractivity contribution in [1.29, 1.82) is 0 Å². The Labute approximate surface area is 88.5 Å². The van der Waals surface area contributed by atoms with Gasteiger partial charge in [0.2, 0.25) is 0 Å². The van der Waals surface area contributed by atoms with E-state index in [1.807, 2.05) is 0 Å². The van der Waals surface area contributed by atoms with Gasteiger partial charge < -0.3 is 14.4 Å². The lowest BCUT2D eigenvalue weighted by Crippen LogP contribution is -2.19. The van der Waals surface area contributed by atoms with Crippen molar-refractivity contribution in [1.82, 2.24) is 0 Å². The molecule has 2 atom stereocenters. The van der Waals surface area contributed by atoms with Gasteiger partial charge >= 0.3 is 0 Å². The highest BCUT2D eigenvalue weighted by Crippen LogP contribution is 2.28. The first-order valence-corrected chi connectivity index (χ1v) is 5.15. The normalized spacial score (nSPS) is 25.9. The summed E-state index contributed by atoms with van der Waals surface area (Å²) in [6.07, 6.45) is 0.701. The van der Waals surface area contributed by atoms with Crippen LogP contribution in [0.5, 0.6) is 0 Å². The number of hydrogen-bond donors (Lipinski definition) is 1. The molecule has 0 saturated carbocycles. The second-order valence-electron chi connectivity index (χ2n) is 4.12. The summed E-state index contributed by atoms with van der Waals surface area (Å²) in [6.45, 7) is 3.99. The van der Waals surface area contributed by atoms with E-state index >= 15 is 0 Å². The molecule has 1 aliphatic rings. The summed E-state index contributed by atoms with van der Waals surface area (Å²) >= 11 is 0. The number of furan rings is 1. The third kappa shape index (κ3) is 1.90. The zero-order valence-electron chi connectivity index (χ0n) is 8.72. The number of carbonyl (C=O) groups is 1. The number of hydrogen-bond acceptors (Lipinski definition) is 4. The molecule has 4 heteroatoms. The minimum absolute atomic E-state index is 0.207. The molecule has 4 nitrogen and oxygen atoms in total. The summed E-state index contributed by atoms with van der Waals surface area (Å²) in [6, 6.07) is 3.47. The van der Waals surface area contributed by atoms with Gasteiger partial charge in [0.1, 0.15) is 0 Å². The third-order valence-electron chi connectivity index (χ3n) is 3.04. The van der Waals surface area contributed by atoms with Gasteiger partial charge in [-0.25, -0.2) is 0 Å². The minimum Gasteiger partial charge on any atom is -0.438 e. The van der Waals surface area contributed by atoms with E-state index in [1.165, 1.54) is 0 Å². The van der Waals surface area contributed by atoms with E-state index < -0.39 is 0 Å². The van der Waals surface area contributed by atoms with Crippen molar-refractivity contribution in [2.45, 2.75) is 6.92 Å². The van der Waals surface area contributed by atoms with Crippen LogP contribution in [0.4, 0.5) is 5.88 Å². The van der Waals surface area contributed by atoms with E-state index in [1.54, 1.807) is 12.1 Å². The molecule has 0 spiro atoms. The fourth-order valence-electron chi connectivity index (χ4n) is 2.03. The first kappa shape index (κ1) is 10.2. The van der Waals surface area contributed by atoms with E-state index in [0.717, 1.165) is 19.0 Å². The predicted molar refractivity (Wildman–Crippen MR) is 56.0 cm³/mol. The van der Waals surface area contributed by atoms with Gasteiger partial charge in [0.05, 0.1) is 0 Å². The maximum absolute atomic E-state index is 10.5. The molecule has 1 N–H and O–H groups in total. The van der Waals surface area contributed by atoms with Crippen LogP contribution < -0.4 is 4.90 Å². The summed E-state index contributed by atoms with van der Waals surface area (Å²) in [7, 11) is 0. The molecule has 2 rings (SSSR count). The highest BCUT2D eigenvalue weighted by molar-refractivity contribution is 5.71. The van der Waals surface area contributed by atoms with Crippen LogP contribution in [0, 0.1) is 11.8 Å². The third-order valence-corrected chi connectivity index (χ3v) is 3.04. The van der Waals surface area contributed by atoms with Crippen molar-refractivity contribution in [2.24, 2.45) is 11.8 Å². The zero-order valence-corrected chi connectivity index (χ0v) is 8.72. The Kier molecular flexibility index (Phi) is 2.77. The van der Waals surface area contributed by atoms with Gasteiger partial charge in [-0.2, -0.15) is 0 Å². The topological polar surface area (TPSA) is 53.7 Å². The molecule has 15 heavy (non-hydrogen) atoms. The molecular formula is C11H15NO3. The van der Waals surface area contributed by atoms with Crippen LogP contribution in [0.15, 0.2) is 16.5 Å². The van der Waals surface area contributed by atoms with Crippen molar-refractivity contribution in [3.63, 3.8) is 0 Å². The lowest BCUT2D eigenvalue weighted by atomic mass is 10.00. The Hall–Kier alpha value is -1.29. The van der Waals surface area contributed by atoms with Gasteiger partial charge in [0.25, 0.3) is 0 Å². The summed E-state index contributed by atoms with van der Waals surface area (Å²) in [5.41, 5.74) is 0. The maximum atomic E-state index is 10.5. The molecule has 82 valence electrons. The van der Waals surface area contributed by atoms with E-state index in [2.05, 4.69) is 11.8 Å². The molecule has 0 bridgehead atoms. The fourth-order valence-corrected chi connectivity index (χ4v) is 2.03. The molecule has 1 fully saturated rings. The average Bonchev–Trinajstić information content (AvgIpc) is 2.83. The molecular weight excluding hydrogens is 194 g/mol. The number of aliphatic hydroxyl groups is 1. The van der Waals surface area contributed by atoms with Crippen LogP contribution in [-0.4, -0.2) is 31.1 Å². The van der Waals surface area contributed by atoms with Crippen LogP contribution in [0.3, 0.4) is 0 Å². The lowest BCUT2D eigenvalue weighted by Gasteiger charge is -2.13. The summed E-state index contributed by atoms with van der Waals surface area (Å²) in [4.78, 5) is 12.5. The maximum Gasteiger partial charge on any atom is 0.196 e. The van der Waals surface area contributed by atoms with Crippen molar-refractivity contribution < 1.29 is 14.3 Å². The Morgan fingerprint density at radius 3 is 2.93 bits per heavy atom. The molecule has 1 aromatic rings. The number of rotatable bonds is 3. The van der Waals surface area contributed by atoms with Crippen LogP contribution in [-0.2, 0) is 0 Å². The standard InChI is InChI=1S/C11H15NO3/c1-8-4-12(5-9(8)6-13)11-3-2-10(7-14)15-11/h2-3,7-9,13H,4-6H2,1H3/t8-,9+/m1/s1. The first-order valence-electron chi connectivity index (χ1n) is 5.15. The summed E-state index contributed by atoms with van der Waals surface area (Å²) in [5.74, 6) is 1.83. The predicted octanol–water partition coefficient (Wildman–Crippen LogP) is 1.16. The zero-order chi connectivity index (χ0) is 10.8. The largest absolute Gasteiger partial charge is 0.438 e. The van der Waals surface area contributed by atoms with Gasteiger partial charge in [-0.15, -0.1) is 0 Å². The molecule has 1 aromatic heterocycles. The summed E-state index contributed by atoms with van der Waals surface area (Å²) in [5, 5.41) is 9.14. The smallest absolute Gasteiger partial charge is 0.196 e. The molecule has 0 aromatic carbocycles. The second kappa shape index (κ2) is 4.06. The number of carbonyl (C=O) groups excluding carboxylic acids is 1. The van der Waals surface area contributed by atoms with Gasteiger partial charge in [-0.1, -0.05) is 6.92 Å². The number of anilines is 1. The molecule has 1 aliphatic heterocycles. The van der Waals surface area contributed by atoms with E-state index in [-0.39, 0.29) is 6.61 Å².